The first-order valence-corrected chi connectivity index (χ1v) is 7.74. The number of hydrogen-bond acceptors (Lipinski definition) is 4. The lowest BCUT2D eigenvalue weighted by atomic mass is 10.0. The summed E-state index contributed by atoms with van der Waals surface area (Å²) in [5, 5.41) is 0. The van der Waals surface area contributed by atoms with Crippen molar-refractivity contribution in [3.8, 4) is 5.75 Å². The number of nitrogens with zero attached hydrogens (tertiary/aromatic N) is 1. The van der Waals surface area contributed by atoms with Crippen molar-refractivity contribution in [1.82, 2.24) is 4.31 Å². The highest BCUT2D eigenvalue weighted by molar-refractivity contribution is 7.89. The van der Waals surface area contributed by atoms with Gasteiger partial charge in [-0.05, 0) is 24.0 Å². The van der Waals surface area contributed by atoms with E-state index in [4.69, 9.17) is 10.5 Å². The molecule has 0 aliphatic carbocycles. The van der Waals surface area contributed by atoms with E-state index in [1.165, 1.54) is 23.5 Å². The molecule has 1 fully saturated rings. The van der Waals surface area contributed by atoms with E-state index in [0.29, 0.717) is 36.4 Å². The number of ether oxygens (including phenoxy) is 1. The summed E-state index contributed by atoms with van der Waals surface area (Å²) in [5.41, 5.74) is 6.14. The van der Waals surface area contributed by atoms with Crippen molar-refractivity contribution in [2.24, 2.45) is 11.8 Å². The molecule has 0 bridgehead atoms. The lowest BCUT2D eigenvalue weighted by Crippen LogP contribution is -2.29. The third-order valence-corrected chi connectivity index (χ3v) is 5.62. The van der Waals surface area contributed by atoms with Crippen molar-refractivity contribution < 1.29 is 13.2 Å². The van der Waals surface area contributed by atoms with Crippen LogP contribution >= 0.6 is 0 Å². The summed E-state index contributed by atoms with van der Waals surface area (Å²) >= 11 is 0. The minimum absolute atomic E-state index is 0.236. The Hall–Kier alpha value is -1.27. The Balaban J connectivity index is 2.35. The molecule has 106 valence electrons. The molecule has 1 saturated heterocycles. The second kappa shape index (κ2) is 5.02. The molecule has 2 N–H and O–H groups in total. The first-order valence-electron chi connectivity index (χ1n) is 6.30. The van der Waals surface area contributed by atoms with Gasteiger partial charge in [-0.15, -0.1) is 0 Å². The molecule has 0 radical (unpaired) electrons. The molecule has 5 nitrogen and oxygen atoms in total. The molecule has 0 amide bonds. The normalized spacial score (nSPS) is 24.6. The number of hydrogen-bond donors (Lipinski definition) is 1. The van der Waals surface area contributed by atoms with Gasteiger partial charge < -0.3 is 10.5 Å². The van der Waals surface area contributed by atoms with Crippen LogP contribution in [-0.4, -0.2) is 32.9 Å². The Morgan fingerprint density at radius 1 is 1.26 bits per heavy atom. The van der Waals surface area contributed by atoms with E-state index in [-0.39, 0.29) is 4.90 Å². The van der Waals surface area contributed by atoms with E-state index in [0.717, 1.165) is 0 Å². The van der Waals surface area contributed by atoms with E-state index in [1.54, 1.807) is 6.07 Å². The SMILES string of the molecule is COc1cc(S(=O)(=O)N2CC(C)C(C)C2)ccc1N. The van der Waals surface area contributed by atoms with E-state index >= 15 is 0 Å². The lowest BCUT2D eigenvalue weighted by molar-refractivity contribution is 0.414. The fraction of sp³-hybridized carbons (Fsp3) is 0.538. The van der Waals surface area contributed by atoms with Gasteiger partial charge in [0.25, 0.3) is 0 Å². The number of methoxy groups -OCH3 is 1. The first-order chi connectivity index (χ1) is 8.86. The fourth-order valence-corrected chi connectivity index (χ4v) is 3.93. The average molecular weight is 284 g/mol. The highest BCUT2D eigenvalue weighted by atomic mass is 32.2. The van der Waals surface area contributed by atoms with E-state index in [9.17, 15) is 8.42 Å². The molecule has 2 unspecified atom stereocenters. The van der Waals surface area contributed by atoms with Gasteiger partial charge in [0.1, 0.15) is 5.75 Å². The molecule has 19 heavy (non-hydrogen) atoms. The predicted molar refractivity (Wildman–Crippen MR) is 74.5 cm³/mol. The number of nitrogen functional groups attached to an aromatic ring is 1. The third-order valence-electron chi connectivity index (χ3n) is 3.80. The third kappa shape index (κ3) is 2.55. The van der Waals surface area contributed by atoms with Crippen LogP contribution in [0.1, 0.15) is 13.8 Å². The molecule has 2 atom stereocenters. The molecule has 1 aliphatic heterocycles. The maximum atomic E-state index is 12.5. The number of rotatable bonds is 3. The lowest BCUT2D eigenvalue weighted by Gasteiger charge is -2.17. The number of nitrogens with two attached hydrogens (primary N) is 1. The molecule has 2 rings (SSSR count). The van der Waals surface area contributed by atoms with Crippen molar-refractivity contribution >= 4 is 15.7 Å². The van der Waals surface area contributed by atoms with Crippen molar-refractivity contribution in [3.63, 3.8) is 0 Å². The highest BCUT2D eigenvalue weighted by Crippen LogP contribution is 2.31. The van der Waals surface area contributed by atoms with Crippen LogP contribution in [0.4, 0.5) is 5.69 Å². The zero-order chi connectivity index (χ0) is 14.2. The quantitative estimate of drug-likeness (QED) is 0.855. The topological polar surface area (TPSA) is 72.6 Å². The molecule has 1 heterocycles. The summed E-state index contributed by atoms with van der Waals surface area (Å²) in [6, 6.07) is 4.58. The Kier molecular flexibility index (Phi) is 3.73. The summed E-state index contributed by atoms with van der Waals surface area (Å²) in [4.78, 5) is 0.236. The van der Waals surface area contributed by atoms with Crippen LogP contribution < -0.4 is 10.5 Å². The number of benzene rings is 1. The monoisotopic (exact) mass is 284 g/mol. The van der Waals surface area contributed by atoms with Crippen LogP contribution in [0.2, 0.25) is 0 Å². The van der Waals surface area contributed by atoms with Crippen molar-refractivity contribution in [2.45, 2.75) is 18.7 Å². The van der Waals surface area contributed by atoms with Crippen molar-refractivity contribution in [2.75, 3.05) is 25.9 Å². The Morgan fingerprint density at radius 3 is 2.37 bits per heavy atom. The minimum atomic E-state index is -3.46. The second-order valence-corrected chi connectivity index (χ2v) is 7.12. The van der Waals surface area contributed by atoms with Crippen molar-refractivity contribution in [3.05, 3.63) is 18.2 Å². The molecular formula is C13H20N2O3S. The Bertz CT molecular complexity index is 561. The summed E-state index contributed by atoms with van der Waals surface area (Å²) in [5.74, 6) is 1.15. The fourth-order valence-electron chi connectivity index (χ4n) is 2.27. The Morgan fingerprint density at radius 2 is 1.84 bits per heavy atom. The maximum Gasteiger partial charge on any atom is 0.243 e. The number of anilines is 1. The molecule has 1 aromatic carbocycles. The smallest absolute Gasteiger partial charge is 0.243 e. The second-order valence-electron chi connectivity index (χ2n) is 5.18. The molecule has 6 heteroatoms. The van der Waals surface area contributed by atoms with Gasteiger partial charge in [-0.2, -0.15) is 4.31 Å². The van der Waals surface area contributed by atoms with Gasteiger partial charge in [-0.25, -0.2) is 8.42 Å². The summed E-state index contributed by atoms with van der Waals surface area (Å²) in [6.45, 7) is 5.28. The van der Waals surface area contributed by atoms with Crippen LogP contribution in [-0.2, 0) is 10.0 Å². The summed E-state index contributed by atoms with van der Waals surface area (Å²) in [7, 11) is -1.98. The van der Waals surface area contributed by atoms with Crippen LogP contribution in [0.3, 0.4) is 0 Å². The van der Waals surface area contributed by atoms with Crippen LogP contribution in [0.15, 0.2) is 23.1 Å². The first kappa shape index (κ1) is 14.1. The van der Waals surface area contributed by atoms with Gasteiger partial charge in [0.2, 0.25) is 10.0 Å². The van der Waals surface area contributed by atoms with Crippen LogP contribution in [0, 0.1) is 11.8 Å². The van der Waals surface area contributed by atoms with Gasteiger partial charge in [0.15, 0.2) is 0 Å². The van der Waals surface area contributed by atoms with Gasteiger partial charge in [-0.3, -0.25) is 0 Å². The van der Waals surface area contributed by atoms with Gasteiger partial charge in [0.05, 0.1) is 17.7 Å². The van der Waals surface area contributed by atoms with Crippen LogP contribution in [0.5, 0.6) is 5.75 Å². The molecule has 0 saturated carbocycles. The van der Waals surface area contributed by atoms with E-state index in [2.05, 4.69) is 13.8 Å². The molecule has 1 aromatic rings. The number of sulfonamides is 1. The molecular weight excluding hydrogens is 264 g/mol. The van der Waals surface area contributed by atoms with Gasteiger partial charge in [0, 0.05) is 19.2 Å². The van der Waals surface area contributed by atoms with Crippen LogP contribution in [0.25, 0.3) is 0 Å². The largest absolute Gasteiger partial charge is 0.495 e. The van der Waals surface area contributed by atoms with Gasteiger partial charge in [-0.1, -0.05) is 13.8 Å². The van der Waals surface area contributed by atoms with E-state index in [1.807, 2.05) is 0 Å². The van der Waals surface area contributed by atoms with Crippen molar-refractivity contribution in [1.29, 1.82) is 0 Å². The summed E-state index contributed by atoms with van der Waals surface area (Å²) < 4.78 is 31.7. The average Bonchev–Trinajstić information content (AvgIpc) is 2.70. The summed E-state index contributed by atoms with van der Waals surface area (Å²) in [6.07, 6.45) is 0. The zero-order valence-electron chi connectivity index (χ0n) is 11.5. The highest BCUT2D eigenvalue weighted by Gasteiger charge is 2.35. The minimum Gasteiger partial charge on any atom is -0.495 e. The molecule has 1 aliphatic rings. The molecule has 0 spiro atoms. The zero-order valence-corrected chi connectivity index (χ0v) is 12.3. The van der Waals surface area contributed by atoms with E-state index < -0.39 is 10.0 Å². The predicted octanol–water partition coefficient (Wildman–Crippen LogP) is 1.55. The standard InChI is InChI=1S/C13H20N2O3S/c1-9-7-15(8-10(9)2)19(16,17)11-4-5-12(14)13(6-11)18-3/h4-6,9-10H,7-8,14H2,1-3H3. The Labute approximate surface area is 114 Å². The molecule has 0 aromatic heterocycles. The maximum absolute atomic E-state index is 12.5. The van der Waals surface area contributed by atoms with Gasteiger partial charge >= 0.3 is 0 Å².